The van der Waals surface area contributed by atoms with Crippen molar-refractivity contribution in [2.24, 2.45) is 0 Å². The summed E-state index contributed by atoms with van der Waals surface area (Å²) in [4.78, 5) is 39.0. The first-order chi connectivity index (χ1) is 23.2. The standard InChI is InChI=1S/C28H29F2N8O8PS/c29-18-11-17(44-26(18)38-15-34-22-24(32-14-33-25(22)38)35-16-5-2-1-3-6-16)13-43-47(48,42-10-4-8-31)46-23-21(30)19(12-39)45-27(23)37-9-7-20(40)36-28(37)41/h1-3,5-7,9,14-15,17-19,21,23,26-27,39H,4,10-13H2,(H,32,33,35)(H,36,40,41)/t17-,18-,19-,21-,23-,26-,27-,47?/m1/s1. The van der Waals surface area contributed by atoms with Gasteiger partial charge < -0.3 is 28.9 Å². The molecule has 5 heterocycles. The quantitative estimate of drug-likeness (QED) is 0.135. The molecular weight excluding hydrogens is 677 g/mol. The Morgan fingerprint density at radius 1 is 1.12 bits per heavy atom. The molecular formula is C28H29F2N8O8PS. The van der Waals surface area contributed by atoms with Gasteiger partial charge in [-0.15, -0.1) is 0 Å². The average molecular weight is 707 g/mol. The summed E-state index contributed by atoms with van der Waals surface area (Å²) in [6.45, 7) is -5.30. The van der Waals surface area contributed by atoms with Crippen LogP contribution in [-0.4, -0.2) is 84.7 Å². The number of rotatable bonds is 13. The van der Waals surface area contributed by atoms with E-state index in [1.165, 1.54) is 17.2 Å². The van der Waals surface area contributed by atoms with Crippen LogP contribution < -0.4 is 16.6 Å². The van der Waals surface area contributed by atoms with E-state index in [4.69, 9.17) is 40.1 Å². The van der Waals surface area contributed by atoms with Gasteiger partial charge >= 0.3 is 12.4 Å². The number of alkyl halides is 2. The number of nitriles is 1. The summed E-state index contributed by atoms with van der Waals surface area (Å²) in [6, 6.07) is 12.2. The maximum Gasteiger partial charge on any atom is 0.330 e. The number of H-pyrrole nitrogens is 1. The number of imidazole rings is 1. The van der Waals surface area contributed by atoms with Crippen LogP contribution in [0, 0.1) is 11.3 Å². The molecule has 0 bridgehead atoms. The minimum absolute atomic E-state index is 0.112. The second-order valence-corrected chi connectivity index (χ2v) is 13.7. The van der Waals surface area contributed by atoms with Crippen LogP contribution in [0.4, 0.5) is 20.3 Å². The maximum atomic E-state index is 15.5. The molecule has 2 aliphatic heterocycles. The average Bonchev–Trinajstić information content (AvgIpc) is 3.76. The fourth-order valence-corrected chi connectivity index (χ4v) is 7.35. The van der Waals surface area contributed by atoms with Crippen molar-refractivity contribution in [1.29, 1.82) is 5.26 Å². The highest BCUT2D eigenvalue weighted by molar-refractivity contribution is 8.07. The Bertz CT molecular complexity index is 1940. The second kappa shape index (κ2) is 14.6. The molecule has 0 aliphatic carbocycles. The van der Waals surface area contributed by atoms with Crippen LogP contribution in [0.1, 0.15) is 25.3 Å². The number of halogens is 2. The van der Waals surface area contributed by atoms with Crippen molar-refractivity contribution in [3.05, 3.63) is 76.1 Å². The Labute approximate surface area is 275 Å². The van der Waals surface area contributed by atoms with E-state index < -0.39 is 67.7 Å². The molecule has 16 nitrogen and oxygen atoms in total. The Balaban J connectivity index is 1.18. The number of aliphatic hydroxyl groups excluding tert-OH is 1. The van der Waals surface area contributed by atoms with E-state index in [1.807, 2.05) is 41.4 Å². The van der Waals surface area contributed by atoms with Crippen LogP contribution in [-0.2, 0) is 34.9 Å². The third-order valence-electron chi connectivity index (χ3n) is 7.50. The first-order valence-electron chi connectivity index (χ1n) is 14.6. The SMILES string of the molecule is N#CCCOP(=S)(OC[C@H]1C[C@@H](F)[C@H](n2cnc3c(Nc4ccccc4)ncnc32)O1)O[C@@H]1[C@H](F)[C@@H](CO)O[C@H]1n1ccc(=O)[nH]c1=O. The predicted molar refractivity (Wildman–Crippen MR) is 167 cm³/mol. The van der Waals surface area contributed by atoms with Gasteiger partial charge in [-0.25, -0.2) is 28.5 Å². The van der Waals surface area contributed by atoms with Gasteiger partial charge in [0.2, 0.25) is 0 Å². The van der Waals surface area contributed by atoms with Gasteiger partial charge in [-0.2, -0.15) is 5.26 Å². The van der Waals surface area contributed by atoms with Crippen LogP contribution in [0.3, 0.4) is 0 Å². The Morgan fingerprint density at radius 3 is 2.69 bits per heavy atom. The van der Waals surface area contributed by atoms with Gasteiger partial charge in [0.05, 0.1) is 44.7 Å². The molecule has 8 atom stereocenters. The van der Waals surface area contributed by atoms with Crippen molar-refractivity contribution in [2.75, 3.05) is 25.1 Å². The number of hydrogen-bond donors (Lipinski definition) is 3. The number of aromatic nitrogens is 6. The van der Waals surface area contributed by atoms with Gasteiger partial charge in [-0.1, -0.05) is 18.2 Å². The summed E-state index contributed by atoms with van der Waals surface area (Å²) < 4.78 is 62.2. The number of nitrogens with one attached hydrogen (secondary N) is 2. The number of aromatic amines is 1. The predicted octanol–water partition coefficient (Wildman–Crippen LogP) is 2.53. The minimum atomic E-state index is -3.94. The van der Waals surface area contributed by atoms with Crippen molar-refractivity contribution in [3.63, 3.8) is 0 Å². The summed E-state index contributed by atoms with van der Waals surface area (Å²) in [5.74, 6) is 0.415. The van der Waals surface area contributed by atoms with E-state index in [0.717, 1.165) is 22.5 Å². The van der Waals surface area contributed by atoms with E-state index in [-0.39, 0.29) is 26.1 Å². The third kappa shape index (κ3) is 7.21. The number of nitrogens with zero attached hydrogens (tertiary/aromatic N) is 6. The molecule has 2 fully saturated rings. The van der Waals surface area contributed by atoms with Gasteiger partial charge in [0, 0.05) is 24.4 Å². The molecule has 3 N–H and O–H groups in total. The zero-order valence-electron chi connectivity index (χ0n) is 24.9. The molecule has 2 saturated heterocycles. The van der Waals surface area contributed by atoms with Crippen LogP contribution in [0.15, 0.2) is 64.8 Å². The fourth-order valence-electron chi connectivity index (χ4n) is 5.27. The summed E-state index contributed by atoms with van der Waals surface area (Å²) in [5, 5.41) is 21.9. The largest absolute Gasteiger partial charge is 0.394 e. The zero-order chi connectivity index (χ0) is 33.8. The minimum Gasteiger partial charge on any atom is -0.394 e. The summed E-state index contributed by atoms with van der Waals surface area (Å²) in [5.41, 5.74) is -0.137. The summed E-state index contributed by atoms with van der Waals surface area (Å²) in [6.07, 6.45) is -6.52. The van der Waals surface area contributed by atoms with Crippen LogP contribution in [0.5, 0.6) is 0 Å². The van der Waals surface area contributed by atoms with Crippen LogP contribution in [0.25, 0.3) is 11.2 Å². The topological polar surface area (TPSA) is 201 Å². The molecule has 254 valence electrons. The molecule has 0 radical (unpaired) electrons. The van der Waals surface area contributed by atoms with Crippen molar-refractivity contribution in [2.45, 2.75) is 56.0 Å². The molecule has 2 aliphatic rings. The molecule has 3 aromatic heterocycles. The normalized spacial score (nSPS) is 26.8. The molecule has 0 saturated carbocycles. The van der Waals surface area contributed by atoms with E-state index in [2.05, 4.69) is 20.3 Å². The summed E-state index contributed by atoms with van der Waals surface area (Å²) >= 11 is 5.56. The molecule has 48 heavy (non-hydrogen) atoms. The first kappa shape index (κ1) is 33.9. The fraction of sp³-hybridized carbons (Fsp3) is 0.429. The summed E-state index contributed by atoms with van der Waals surface area (Å²) in [7, 11) is 0. The lowest BCUT2D eigenvalue weighted by Gasteiger charge is -2.29. The van der Waals surface area contributed by atoms with E-state index >= 15 is 8.78 Å². The monoisotopic (exact) mass is 706 g/mol. The van der Waals surface area contributed by atoms with E-state index in [1.54, 1.807) is 0 Å². The number of anilines is 2. The van der Waals surface area contributed by atoms with Crippen molar-refractivity contribution < 1.29 is 36.9 Å². The van der Waals surface area contributed by atoms with Crippen molar-refractivity contribution in [1.82, 2.24) is 29.1 Å². The molecule has 0 spiro atoms. The zero-order valence-corrected chi connectivity index (χ0v) is 26.6. The second-order valence-electron chi connectivity index (χ2n) is 10.7. The van der Waals surface area contributed by atoms with E-state index in [9.17, 15) is 14.7 Å². The van der Waals surface area contributed by atoms with Gasteiger partial charge in [0.25, 0.3) is 5.56 Å². The number of aliphatic hydroxyl groups is 1. The molecule has 20 heteroatoms. The number of ether oxygens (including phenoxy) is 2. The lowest BCUT2D eigenvalue weighted by molar-refractivity contribution is -0.0562. The van der Waals surface area contributed by atoms with Crippen molar-refractivity contribution in [3.8, 4) is 6.07 Å². The number of fused-ring (bicyclic) bond motifs is 1. The highest BCUT2D eigenvalue weighted by Crippen LogP contribution is 2.55. The lowest BCUT2D eigenvalue weighted by Crippen LogP contribution is -2.37. The van der Waals surface area contributed by atoms with E-state index in [0.29, 0.717) is 17.0 Å². The van der Waals surface area contributed by atoms with Gasteiger partial charge in [-0.05, 0) is 23.9 Å². The molecule has 4 aromatic rings. The lowest BCUT2D eigenvalue weighted by atomic mass is 10.1. The molecule has 6 rings (SSSR count). The highest BCUT2D eigenvalue weighted by Gasteiger charge is 2.50. The number of benzene rings is 1. The molecule has 1 unspecified atom stereocenters. The van der Waals surface area contributed by atoms with Gasteiger partial charge in [-0.3, -0.25) is 23.4 Å². The number of para-hydroxylation sites is 1. The third-order valence-corrected chi connectivity index (χ3v) is 9.86. The van der Waals surface area contributed by atoms with Crippen LogP contribution >= 0.6 is 6.72 Å². The maximum absolute atomic E-state index is 15.5. The Kier molecular flexibility index (Phi) is 10.3. The number of hydrogen-bond acceptors (Lipinski definition) is 14. The molecule has 1 aromatic carbocycles. The smallest absolute Gasteiger partial charge is 0.330 e. The molecule has 0 amide bonds. The highest BCUT2D eigenvalue weighted by atomic mass is 32.5. The van der Waals surface area contributed by atoms with Crippen molar-refractivity contribution >= 4 is 41.2 Å². The Hall–Kier alpha value is -3.99. The van der Waals surface area contributed by atoms with Crippen LogP contribution in [0.2, 0.25) is 0 Å². The Morgan fingerprint density at radius 2 is 1.94 bits per heavy atom. The van der Waals surface area contributed by atoms with Gasteiger partial charge in [0.1, 0.15) is 24.7 Å². The first-order valence-corrected chi connectivity index (χ1v) is 17.2. The van der Waals surface area contributed by atoms with Gasteiger partial charge in [0.15, 0.2) is 35.6 Å².